The third-order valence-corrected chi connectivity index (χ3v) is 8.07. The summed E-state index contributed by atoms with van der Waals surface area (Å²) >= 11 is 0. The molecular weight excluding hydrogens is 550 g/mol. The van der Waals surface area contributed by atoms with Gasteiger partial charge in [-0.2, -0.15) is 0 Å². The first-order valence-electron chi connectivity index (χ1n) is 13.0. The number of carbonyl (C=O) groups is 4. The lowest BCUT2D eigenvalue weighted by Crippen LogP contribution is -2.58. The molecule has 0 aliphatic heterocycles. The molecule has 0 spiro atoms. The highest BCUT2D eigenvalue weighted by Crippen LogP contribution is 2.53. The average Bonchev–Trinajstić information content (AvgIpc) is 2.91. The van der Waals surface area contributed by atoms with E-state index in [4.69, 9.17) is 10.5 Å². The van der Waals surface area contributed by atoms with E-state index in [1.165, 1.54) is 24.3 Å². The van der Waals surface area contributed by atoms with Gasteiger partial charge in [0.2, 0.25) is 5.78 Å². The maximum atomic E-state index is 13.7. The summed E-state index contributed by atoms with van der Waals surface area (Å²) in [4.78, 5) is 52.2. The first-order chi connectivity index (χ1) is 19.7. The zero-order valence-corrected chi connectivity index (χ0v) is 22.7. The van der Waals surface area contributed by atoms with Gasteiger partial charge in [0, 0.05) is 49.8 Å². The number of nitrogens with one attached hydrogen (secondary N) is 1. The molecule has 220 valence electrons. The molecule has 5 rings (SSSR count). The number of rotatable bonds is 5. The number of phenols is 2. The lowest BCUT2D eigenvalue weighted by Gasteiger charge is -2.46. The summed E-state index contributed by atoms with van der Waals surface area (Å²) in [6, 6.07) is 7.07. The molecule has 13 nitrogen and oxygen atoms in total. The number of aliphatic hydroxyl groups excluding tert-OH is 2. The molecule has 0 unspecified atom stereocenters. The molecule has 0 bridgehead atoms. The van der Waals surface area contributed by atoms with Crippen LogP contribution < -0.4 is 20.7 Å². The number of aromatic hydroxyl groups is 2. The SMILES string of the molecule is CN(C)c1cc(CNC(=O)Oc2ccc(O)cc2)c(O)c2c1C[C@H]1C[C@H]3CC(=O)C(C(N)=O)=C(O)[C@@]3(O)C(=O)C1=C2O. The molecule has 42 heavy (non-hydrogen) atoms. The van der Waals surface area contributed by atoms with Crippen molar-refractivity contribution in [1.29, 1.82) is 0 Å². The Bertz CT molecular complexity index is 1610. The van der Waals surface area contributed by atoms with Gasteiger partial charge < -0.3 is 46.2 Å². The minimum Gasteiger partial charge on any atom is -0.508 e. The molecule has 3 aliphatic carbocycles. The van der Waals surface area contributed by atoms with Crippen LogP contribution in [0.4, 0.5) is 10.5 Å². The fourth-order valence-corrected chi connectivity index (χ4v) is 6.08. The van der Waals surface area contributed by atoms with Gasteiger partial charge in [-0.05, 0) is 54.7 Å². The number of benzene rings is 2. The van der Waals surface area contributed by atoms with Crippen LogP contribution in [0.25, 0.3) is 5.76 Å². The molecule has 2 aromatic carbocycles. The standard InChI is InChI=1S/C29H29N3O10/c1-32(2)18-9-13(11-31-28(40)42-16-5-3-15(33)4-6-16)23(35)21-17(18)8-12-7-14-10-19(34)22(27(30)39)26(38)29(14,41)25(37)20(12)24(21)36/h3-6,9,12,14,33,35-36,38,41H,7-8,10-11H2,1-2H3,(H2,30,39)(H,31,40)/t12-,14+,29+/m1/s1. The molecular formula is C29H29N3O10. The zero-order valence-electron chi connectivity index (χ0n) is 22.7. The maximum Gasteiger partial charge on any atom is 0.412 e. The summed E-state index contributed by atoms with van der Waals surface area (Å²) in [6.07, 6.45) is -1.10. The number of aliphatic hydroxyl groups is 3. The Balaban J connectivity index is 1.54. The average molecular weight is 580 g/mol. The van der Waals surface area contributed by atoms with E-state index < -0.39 is 70.3 Å². The molecule has 0 heterocycles. The van der Waals surface area contributed by atoms with Crippen molar-refractivity contribution in [2.45, 2.75) is 31.4 Å². The topological polar surface area (TPSA) is 220 Å². The van der Waals surface area contributed by atoms with Crippen LogP contribution in [0.2, 0.25) is 0 Å². The molecule has 3 aliphatic rings. The van der Waals surface area contributed by atoms with Crippen LogP contribution in [0.5, 0.6) is 17.2 Å². The van der Waals surface area contributed by atoms with Crippen LogP contribution >= 0.6 is 0 Å². The largest absolute Gasteiger partial charge is 0.508 e. The maximum absolute atomic E-state index is 13.7. The van der Waals surface area contributed by atoms with Crippen LogP contribution in [0, 0.1) is 11.8 Å². The summed E-state index contributed by atoms with van der Waals surface area (Å²) < 4.78 is 5.16. The van der Waals surface area contributed by atoms with E-state index in [0.29, 0.717) is 11.3 Å². The number of phenolic OH excluding ortho intramolecular Hbond substituents is 2. The third kappa shape index (κ3) is 4.38. The quantitative estimate of drug-likeness (QED) is 0.251. The summed E-state index contributed by atoms with van der Waals surface area (Å²) in [5.41, 5.74) is 2.61. The highest BCUT2D eigenvalue weighted by molar-refractivity contribution is 6.22. The van der Waals surface area contributed by atoms with Gasteiger partial charge in [-0.25, -0.2) is 4.79 Å². The summed E-state index contributed by atoms with van der Waals surface area (Å²) in [5.74, 6) is -6.96. The van der Waals surface area contributed by atoms with Crippen LogP contribution in [0.3, 0.4) is 0 Å². The van der Waals surface area contributed by atoms with E-state index in [1.807, 2.05) is 0 Å². The fourth-order valence-electron chi connectivity index (χ4n) is 6.08. The van der Waals surface area contributed by atoms with Gasteiger partial charge in [-0.3, -0.25) is 14.4 Å². The number of Topliss-reactive ketones (excluding diaryl/α,β-unsaturated/α-hetero) is 2. The van der Waals surface area contributed by atoms with E-state index in [2.05, 4.69) is 5.32 Å². The number of nitrogens with zero attached hydrogens (tertiary/aromatic N) is 1. The van der Waals surface area contributed by atoms with Crippen molar-refractivity contribution in [3.05, 3.63) is 63.9 Å². The minimum atomic E-state index is -2.66. The molecule has 0 radical (unpaired) electrons. The van der Waals surface area contributed by atoms with Gasteiger partial charge in [-0.15, -0.1) is 0 Å². The van der Waals surface area contributed by atoms with Gasteiger partial charge in [0.1, 0.15) is 34.3 Å². The van der Waals surface area contributed by atoms with Gasteiger partial charge in [0.25, 0.3) is 5.91 Å². The molecule has 0 aromatic heterocycles. The lowest BCUT2D eigenvalue weighted by atomic mass is 9.59. The predicted molar refractivity (Wildman–Crippen MR) is 147 cm³/mol. The van der Waals surface area contributed by atoms with Crippen molar-refractivity contribution >= 4 is 35.0 Å². The number of fused-ring (bicyclic) bond motifs is 3. The highest BCUT2D eigenvalue weighted by atomic mass is 16.6. The number of hydrogen-bond acceptors (Lipinski definition) is 11. The predicted octanol–water partition coefficient (Wildman–Crippen LogP) is 1.48. The number of amides is 2. The Kier molecular flexibility index (Phi) is 6.85. The van der Waals surface area contributed by atoms with Crippen LogP contribution in [-0.2, 0) is 27.3 Å². The van der Waals surface area contributed by atoms with Crippen molar-refractivity contribution in [3.63, 3.8) is 0 Å². The van der Waals surface area contributed by atoms with Gasteiger partial charge in [0.15, 0.2) is 11.4 Å². The molecule has 13 heteroatoms. The van der Waals surface area contributed by atoms with E-state index in [9.17, 15) is 44.7 Å². The second-order valence-corrected chi connectivity index (χ2v) is 10.8. The smallest absolute Gasteiger partial charge is 0.412 e. The number of anilines is 1. The van der Waals surface area contributed by atoms with Gasteiger partial charge in [-0.1, -0.05) is 0 Å². The van der Waals surface area contributed by atoms with Gasteiger partial charge in [0.05, 0.1) is 5.56 Å². The van der Waals surface area contributed by atoms with Crippen molar-refractivity contribution in [2.75, 3.05) is 19.0 Å². The van der Waals surface area contributed by atoms with Crippen molar-refractivity contribution in [1.82, 2.24) is 5.32 Å². The number of ether oxygens (including phenoxy) is 1. The van der Waals surface area contributed by atoms with Gasteiger partial charge >= 0.3 is 6.09 Å². The highest BCUT2D eigenvalue weighted by Gasteiger charge is 2.60. The zero-order chi connectivity index (χ0) is 30.7. The number of hydrogen-bond donors (Lipinski definition) is 7. The Morgan fingerprint density at radius 3 is 2.38 bits per heavy atom. The van der Waals surface area contributed by atoms with E-state index in [0.717, 1.165) is 0 Å². The Labute approximate surface area is 239 Å². The summed E-state index contributed by atoms with van der Waals surface area (Å²) in [6.45, 7) is -0.240. The summed E-state index contributed by atoms with van der Waals surface area (Å²) in [7, 11) is 3.47. The molecule has 2 amide bonds. The van der Waals surface area contributed by atoms with Crippen LogP contribution in [-0.4, -0.2) is 68.8 Å². The monoisotopic (exact) mass is 579 g/mol. The van der Waals surface area contributed by atoms with E-state index in [1.54, 1.807) is 25.1 Å². The Morgan fingerprint density at radius 2 is 1.76 bits per heavy atom. The fraction of sp³-hybridized carbons (Fsp3) is 0.310. The second-order valence-electron chi connectivity index (χ2n) is 10.8. The molecule has 2 aromatic rings. The number of carbonyl (C=O) groups excluding carboxylic acids is 4. The Hall–Kier alpha value is -5.04. The first-order valence-corrected chi connectivity index (χ1v) is 13.0. The lowest BCUT2D eigenvalue weighted by molar-refractivity contribution is -0.147. The summed E-state index contributed by atoms with van der Waals surface area (Å²) in [5, 5.41) is 56.7. The number of ketones is 2. The van der Waals surface area contributed by atoms with Crippen molar-refractivity contribution < 1.29 is 49.4 Å². The van der Waals surface area contributed by atoms with Crippen molar-refractivity contribution in [2.24, 2.45) is 17.6 Å². The third-order valence-electron chi connectivity index (χ3n) is 8.07. The molecule has 8 N–H and O–H groups in total. The first kappa shape index (κ1) is 28.5. The van der Waals surface area contributed by atoms with Crippen LogP contribution in [0.15, 0.2) is 47.2 Å². The van der Waals surface area contributed by atoms with Crippen molar-refractivity contribution in [3.8, 4) is 17.2 Å². The molecule has 0 saturated heterocycles. The van der Waals surface area contributed by atoms with E-state index >= 15 is 0 Å². The molecule has 3 atom stereocenters. The minimum absolute atomic E-state index is 0.00951. The van der Waals surface area contributed by atoms with Crippen LogP contribution in [0.1, 0.15) is 29.5 Å². The number of nitrogens with two attached hydrogens (primary N) is 1. The molecule has 1 saturated carbocycles. The second kappa shape index (κ2) is 10.1. The number of primary amides is 1. The Morgan fingerprint density at radius 1 is 1.10 bits per heavy atom. The normalized spacial score (nSPS) is 23.1. The molecule has 1 fully saturated rings. The van der Waals surface area contributed by atoms with E-state index in [-0.39, 0.29) is 47.6 Å².